The lowest BCUT2D eigenvalue weighted by Gasteiger charge is -2.19. The molecule has 0 saturated carbocycles. The first-order valence-corrected chi connectivity index (χ1v) is 12.1. The maximum Gasteiger partial charge on any atom is 0.230 e. The van der Waals surface area contributed by atoms with Crippen molar-refractivity contribution < 1.29 is 31.5 Å². The molecule has 2 N–H and O–H groups in total. The van der Waals surface area contributed by atoms with Crippen LogP contribution in [0, 0.1) is 29.1 Å². The van der Waals surface area contributed by atoms with E-state index in [0.717, 1.165) is 34.9 Å². The van der Waals surface area contributed by atoms with Gasteiger partial charge in [-0.1, -0.05) is 6.92 Å². The third-order valence-electron chi connectivity index (χ3n) is 5.01. The zero-order chi connectivity index (χ0) is 27.8. The van der Waals surface area contributed by atoms with Gasteiger partial charge in [0.15, 0.2) is 11.6 Å². The summed E-state index contributed by atoms with van der Waals surface area (Å²) in [4.78, 5) is 28.4. The smallest absolute Gasteiger partial charge is 0.230 e. The lowest BCUT2D eigenvalue weighted by Crippen LogP contribution is -2.23. The number of pyridine rings is 1. The number of anilines is 2. The molecular weight excluding hydrogens is 513 g/mol. The Labute approximate surface area is 215 Å². The number of aromatic nitrogens is 1. The van der Waals surface area contributed by atoms with E-state index in [4.69, 9.17) is 0 Å². The topological polar surface area (TPSA) is 71.1 Å². The minimum atomic E-state index is -1.29. The fourth-order valence-electron chi connectivity index (χ4n) is 3.21. The summed E-state index contributed by atoms with van der Waals surface area (Å²) in [6.07, 6.45) is 2.16. The molecule has 3 rings (SSSR count). The van der Waals surface area contributed by atoms with Crippen LogP contribution in [-0.4, -0.2) is 30.0 Å². The lowest BCUT2D eigenvalue weighted by atomic mass is 9.85. The van der Waals surface area contributed by atoms with Crippen LogP contribution in [0.3, 0.4) is 0 Å². The zero-order valence-corrected chi connectivity index (χ0v) is 21.4. The van der Waals surface area contributed by atoms with Crippen LogP contribution in [0.1, 0.15) is 32.0 Å². The van der Waals surface area contributed by atoms with Gasteiger partial charge in [-0.15, -0.1) is 11.8 Å². The van der Waals surface area contributed by atoms with Crippen molar-refractivity contribution in [3.05, 3.63) is 82.9 Å². The second-order valence-electron chi connectivity index (χ2n) is 8.27. The summed E-state index contributed by atoms with van der Waals surface area (Å²) in [6.45, 7) is 4.88. The molecule has 0 radical (unpaired) electrons. The van der Waals surface area contributed by atoms with E-state index in [1.165, 1.54) is 20.9 Å². The monoisotopic (exact) mass is 539 g/mol. The molecule has 1 amide bonds. The van der Waals surface area contributed by atoms with E-state index in [1.54, 1.807) is 24.0 Å². The van der Waals surface area contributed by atoms with Crippen LogP contribution in [0.15, 0.2) is 47.5 Å². The minimum absolute atomic E-state index is 0.00592. The number of carbonyl (C=O) groups excluding carboxylic acids is 2. The average Bonchev–Trinajstić information content (AvgIpc) is 2.83. The molecule has 0 spiro atoms. The average molecular weight is 540 g/mol. The molecule has 0 fully saturated rings. The third kappa shape index (κ3) is 8.01. The second-order valence-corrected chi connectivity index (χ2v) is 9.60. The van der Waals surface area contributed by atoms with Gasteiger partial charge >= 0.3 is 0 Å². The Morgan fingerprint density at radius 1 is 1.00 bits per heavy atom. The first kappa shape index (κ1) is 29.8. The number of nitrogens with zero attached hydrogens (tertiary/aromatic N) is 1. The standard InChI is InChI=1S/C19H20F2N2O2S.C7H6F3N/c1-4-26-14-6-5-12(22-10-14)9-17(25)23-13-7-15(20)18(16(21)8-13)19(2,3)11-24;1-11-7-5(9)3-2-4(8)6(7)10/h5-8,10-11H,4,9H2,1-3H3,(H,23,25);2-3,11H,1H3. The van der Waals surface area contributed by atoms with Gasteiger partial charge in [-0.3, -0.25) is 9.78 Å². The quantitative estimate of drug-likeness (QED) is 0.153. The van der Waals surface area contributed by atoms with Crippen molar-refractivity contribution in [2.24, 2.45) is 0 Å². The highest BCUT2D eigenvalue weighted by Gasteiger charge is 2.28. The number of nitrogens with one attached hydrogen (secondary N) is 2. The van der Waals surface area contributed by atoms with E-state index in [0.29, 0.717) is 12.0 Å². The molecule has 1 aromatic heterocycles. The lowest BCUT2D eigenvalue weighted by molar-refractivity contribution is -0.115. The Kier molecular flexibility index (Phi) is 10.6. The molecule has 1 heterocycles. The van der Waals surface area contributed by atoms with E-state index in [2.05, 4.69) is 15.6 Å². The van der Waals surface area contributed by atoms with Crippen molar-refractivity contribution in [1.82, 2.24) is 4.98 Å². The number of halogens is 5. The van der Waals surface area contributed by atoms with Gasteiger partial charge in [0.05, 0.1) is 11.8 Å². The largest absolute Gasteiger partial charge is 0.383 e. The van der Waals surface area contributed by atoms with E-state index in [1.807, 2.05) is 13.0 Å². The number of rotatable bonds is 8. The Bertz CT molecular complexity index is 1230. The molecule has 0 aliphatic carbocycles. The second kappa shape index (κ2) is 13.2. The summed E-state index contributed by atoms with van der Waals surface area (Å²) >= 11 is 1.64. The van der Waals surface area contributed by atoms with Crippen molar-refractivity contribution in [1.29, 1.82) is 0 Å². The first-order chi connectivity index (χ1) is 17.4. The number of benzene rings is 2. The first-order valence-electron chi connectivity index (χ1n) is 11.1. The summed E-state index contributed by atoms with van der Waals surface area (Å²) in [5.41, 5.74) is -1.50. The fraction of sp³-hybridized carbons (Fsp3) is 0.269. The van der Waals surface area contributed by atoms with Crippen LogP contribution < -0.4 is 10.6 Å². The summed E-state index contributed by atoms with van der Waals surface area (Å²) in [6, 6.07) is 7.25. The summed E-state index contributed by atoms with van der Waals surface area (Å²) in [7, 11) is 1.32. The van der Waals surface area contributed by atoms with E-state index >= 15 is 0 Å². The highest BCUT2D eigenvalue weighted by Crippen LogP contribution is 2.29. The molecule has 0 bridgehead atoms. The third-order valence-corrected chi connectivity index (χ3v) is 5.87. The van der Waals surface area contributed by atoms with Gasteiger partial charge < -0.3 is 15.4 Å². The Balaban J connectivity index is 0.000000364. The molecule has 3 aromatic rings. The Morgan fingerprint density at radius 3 is 2.11 bits per heavy atom. The predicted octanol–water partition coefficient (Wildman–Crippen LogP) is 6.28. The Morgan fingerprint density at radius 2 is 1.62 bits per heavy atom. The molecule has 0 saturated heterocycles. The maximum atomic E-state index is 14.2. The van der Waals surface area contributed by atoms with E-state index < -0.39 is 46.1 Å². The van der Waals surface area contributed by atoms with Gasteiger partial charge in [0, 0.05) is 35.1 Å². The van der Waals surface area contributed by atoms with E-state index in [-0.39, 0.29) is 17.7 Å². The van der Waals surface area contributed by atoms with E-state index in [9.17, 15) is 31.5 Å². The number of amides is 1. The normalized spacial score (nSPS) is 10.8. The summed E-state index contributed by atoms with van der Waals surface area (Å²) < 4.78 is 66.0. The number of thioether (sulfide) groups is 1. The number of carbonyl (C=O) groups is 2. The molecule has 0 atom stereocenters. The molecule has 0 aliphatic rings. The number of hydrogen-bond acceptors (Lipinski definition) is 5. The fourth-order valence-corrected chi connectivity index (χ4v) is 3.84. The summed E-state index contributed by atoms with van der Waals surface area (Å²) in [5.74, 6) is -4.31. The molecule has 11 heteroatoms. The molecule has 198 valence electrons. The SMILES string of the molecule is CCSc1ccc(CC(=O)Nc2cc(F)c(C(C)(C)C=O)c(F)c2)nc1.CNc1c(F)ccc(F)c1F. The van der Waals surface area contributed by atoms with Gasteiger partial charge in [-0.25, -0.2) is 22.0 Å². The van der Waals surface area contributed by atoms with Gasteiger partial charge in [0.1, 0.15) is 29.4 Å². The number of aldehydes is 1. The molecule has 5 nitrogen and oxygen atoms in total. The van der Waals surface area contributed by atoms with Crippen molar-refractivity contribution in [2.45, 2.75) is 37.5 Å². The molecule has 2 aromatic carbocycles. The molecular formula is C26H26F5N3O2S. The van der Waals surface area contributed by atoms with Gasteiger partial charge in [0.25, 0.3) is 0 Å². The maximum absolute atomic E-state index is 14.2. The van der Waals surface area contributed by atoms with Gasteiger partial charge in [0.2, 0.25) is 5.91 Å². The van der Waals surface area contributed by atoms with Crippen molar-refractivity contribution in [2.75, 3.05) is 23.4 Å². The van der Waals surface area contributed by atoms with Crippen molar-refractivity contribution in [3.8, 4) is 0 Å². The zero-order valence-electron chi connectivity index (χ0n) is 20.6. The van der Waals surface area contributed by atoms with Crippen molar-refractivity contribution >= 4 is 35.3 Å². The summed E-state index contributed by atoms with van der Waals surface area (Å²) in [5, 5.41) is 4.67. The van der Waals surface area contributed by atoms with Gasteiger partial charge in [-0.05, 0) is 56.0 Å². The van der Waals surface area contributed by atoms with Crippen LogP contribution >= 0.6 is 11.8 Å². The molecule has 37 heavy (non-hydrogen) atoms. The highest BCUT2D eigenvalue weighted by molar-refractivity contribution is 7.99. The van der Waals surface area contributed by atoms with Crippen LogP contribution in [0.4, 0.5) is 33.3 Å². The van der Waals surface area contributed by atoms with Crippen molar-refractivity contribution in [3.63, 3.8) is 0 Å². The number of hydrogen-bond donors (Lipinski definition) is 2. The molecule has 0 unspecified atom stereocenters. The van der Waals surface area contributed by atoms with Crippen LogP contribution in [0.2, 0.25) is 0 Å². The van der Waals surface area contributed by atoms with Crippen LogP contribution in [0.25, 0.3) is 0 Å². The minimum Gasteiger partial charge on any atom is -0.383 e. The predicted molar refractivity (Wildman–Crippen MR) is 134 cm³/mol. The van der Waals surface area contributed by atoms with Crippen LogP contribution in [0.5, 0.6) is 0 Å². The highest BCUT2D eigenvalue weighted by atomic mass is 32.2. The molecule has 0 aliphatic heterocycles. The Hall–Kier alpha value is -3.47. The van der Waals surface area contributed by atoms with Crippen LogP contribution in [-0.2, 0) is 21.4 Å². The van der Waals surface area contributed by atoms with Gasteiger partial charge in [-0.2, -0.15) is 0 Å².